The summed E-state index contributed by atoms with van der Waals surface area (Å²) in [5.41, 5.74) is 0.242. The predicted octanol–water partition coefficient (Wildman–Crippen LogP) is 1.30. The van der Waals surface area contributed by atoms with Gasteiger partial charge in [0.25, 0.3) is 5.91 Å². The fraction of sp³-hybridized carbons (Fsp3) is 0.615. The van der Waals surface area contributed by atoms with Crippen LogP contribution in [0, 0.1) is 6.92 Å². The number of aryl methyl sites for hydroxylation is 1. The second kappa shape index (κ2) is 6.33. The molecule has 0 bridgehead atoms. The zero-order valence-electron chi connectivity index (χ0n) is 12.5. The van der Waals surface area contributed by atoms with Crippen LogP contribution in [-0.4, -0.2) is 60.5 Å². The Balaban J connectivity index is 2.17. The molecule has 1 aliphatic heterocycles. The molecule has 1 aromatic rings. The second-order valence-corrected chi connectivity index (χ2v) is 7.30. The topological polar surface area (TPSA) is 62.6 Å². The fourth-order valence-electron chi connectivity index (χ4n) is 2.57. The van der Waals surface area contributed by atoms with Crippen LogP contribution in [0.25, 0.3) is 0 Å². The highest BCUT2D eigenvalue weighted by molar-refractivity contribution is 7.88. The third kappa shape index (κ3) is 3.46. The van der Waals surface area contributed by atoms with Crippen LogP contribution in [0.5, 0.6) is 0 Å². The van der Waals surface area contributed by atoms with E-state index in [4.69, 9.17) is 0 Å². The van der Waals surface area contributed by atoms with Crippen LogP contribution in [-0.2, 0) is 10.0 Å². The molecule has 124 valence electrons. The maximum absolute atomic E-state index is 13.1. The molecule has 0 aliphatic carbocycles. The van der Waals surface area contributed by atoms with Crippen LogP contribution < -0.4 is 0 Å². The van der Waals surface area contributed by atoms with Gasteiger partial charge in [-0.2, -0.15) is 8.78 Å². The van der Waals surface area contributed by atoms with Gasteiger partial charge in [-0.15, -0.1) is 0 Å². The van der Waals surface area contributed by atoms with Crippen LogP contribution in [0.1, 0.15) is 29.2 Å². The van der Waals surface area contributed by atoms with Crippen molar-refractivity contribution in [3.05, 3.63) is 23.5 Å². The number of amides is 1. The van der Waals surface area contributed by atoms with Crippen molar-refractivity contribution < 1.29 is 22.0 Å². The molecule has 2 heterocycles. The van der Waals surface area contributed by atoms with E-state index in [1.807, 2.05) is 0 Å². The maximum Gasteiger partial charge on any atom is 0.319 e. The first-order valence-corrected chi connectivity index (χ1v) is 8.77. The summed E-state index contributed by atoms with van der Waals surface area (Å²) < 4.78 is 51.2. The third-order valence-electron chi connectivity index (χ3n) is 3.75. The minimum absolute atomic E-state index is 0.0692. The lowest BCUT2D eigenvalue weighted by molar-refractivity contribution is 0.0555. The van der Waals surface area contributed by atoms with Crippen LogP contribution >= 0.6 is 0 Å². The van der Waals surface area contributed by atoms with Gasteiger partial charge in [0.05, 0.1) is 6.26 Å². The first-order valence-electron chi connectivity index (χ1n) is 6.92. The summed E-state index contributed by atoms with van der Waals surface area (Å²) in [6.45, 7) is -0.223. The summed E-state index contributed by atoms with van der Waals surface area (Å²) >= 11 is 0. The first-order chi connectivity index (χ1) is 10.2. The molecule has 1 fully saturated rings. The highest BCUT2D eigenvalue weighted by Gasteiger charge is 2.27. The van der Waals surface area contributed by atoms with Crippen molar-refractivity contribution in [2.45, 2.75) is 19.9 Å². The Morgan fingerprint density at radius 2 is 1.86 bits per heavy atom. The van der Waals surface area contributed by atoms with Gasteiger partial charge in [0, 0.05) is 31.9 Å². The zero-order valence-corrected chi connectivity index (χ0v) is 13.3. The quantitative estimate of drug-likeness (QED) is 0.836. The van der Waals surface area contributed by atoms with E-state index in [0.717, 1.165) is 6.26 Å². The van der Waals surface area contributed by atoms with Crippen molar-refractivity contribution in [2.24, 2.45) is 0 Å². The second-order valence-electron chi connectivity index (χ2n) is 5.32. The van der Waals surface area contributed by atoms with E-state index in [2.05, 4.69) is 0 Å². The van der Waals surface area contributed by atoms with Crippen LogP contribution in [0.4, 0.5) is 8.78 Å². The van der Waals surface area contributed by atoms with E-state index in [1.54, 1.807) is 0 Å². The van der Waals surface area contributed by atoms with Crippen molar-refractivity contribution in [3.8, 4) is 0 Å². The fourth-order valence-corrected chi connectivity index (χ4v) is 3.45. The molecule has 0 atom stereocenters. The lowest BCUT2D eigenvalue weighted by Crippen LogP contribution is -2.37. The lowest BCUT2D eigenvalue weighted by Gasteiger charge is -2.22. The summed E-state index contributed by atoms with van der Waals surface area (Å²) in [4.78, 5) is 13.9. The molecule has 6 nitrogen and oxygen atoms in total. The van der Waals surface area contributed by atoms with Crippen molar-refractivity contribution in [1.29, 1.82) is 0 Å². The van der Waals surface area contributed by atoms with Gasteiger partial charge in [-0.3, -0.25) is 9.36 Å². The molecule has 22 heavy (non-hydrogen) atoms. The number of rotatable bonds is 3. The standard InChI is InChI=1S/C13H19F2N3O3S/c1-10-4-5-11(18(10)13(14)15)12(19)16-6-3-7-17(9-8-16)22(2,20)21/h4-5,13H,3,6-9H2,1-2H3. The third-order valence-corrected chi connectivity index (χ3v) is 5.05. The van der Waals surface area contributed by atoms with Gasteiger partial charge in [0.15, 0.2) is 0 Å². The lowest BCUT2D eigenvalue weighted by atomic mass is 10.3. The number of halogens is 2. The first kappa shape index (κ1) is 16.9. The Kier molecular flexibility index (Phi) is 4.86. The smallest absolute Gasteiger partial charge is 0.319 e. The van der Waals surface area contributed by atoms with Gasteiger partial charge < -0.3 is 4.90 Å². The van der Waals surface area contributed by atoms with Gasteiger partial charge in [-0.25, -0.2) is 12.7 Å². The summed E-state index contributed by atoms with van der Waals surface area (Å²) in [5.74, 6) is -0.497. The van der Waals surface area contributed by atoms with Crippen molar-refractivity contribution in [1.82, 2.24) is 13.8 Å². The monoisotopic (exact) mass is 335 g/mol. The normalized spacial score (nSPS) is 17.8. The molecule has 0 N–H and O–H groups in total. The number of aromatic nitrogens is 1. The molecule has 0 radical (unpaired) electrons. The van der Waals surface area contributed by atoms with Crippen molar-refractivity contribution >= 4 is 15.9 Å². The molecule has 0 aromatic carbocycles. The Hall–Kier alpha value is -1.48. The Morgan fingerprint density at radius 1 is 1.18 bits per heavy atom. The van der Waals surface area contributed by atoms with E-state index in [-0.39, 0.29) is 18.8 Å². The number of carbonyl (C=O) groups excluding carboxylic acids is 1. The Morgan fingerprint density at radius 3 is 2.45 bits per heavy atom. The number of hydrogen-bond donors (Lipinski definition) is 0. The van der Waals surface area contributed by atoms with E-state index in [1.165, 1.54) is 28.3 Å². The molecule has 1 aromatic heterocycles. The molecular formula is C13H19F2N3O3S. The Labute approximate surface area is 128 Å². The van der Waals surface area contributed by atoms with Crippen LogP contribution in [0.2, 0.25) is 0 Å². The van der Waals surface area contributed by atoms with E-state index >= 15 is 0 Å². The molecule has 9 heteroatoms. The van der Waals surface area contributed by atoms with Crippen LogP contribution in [0.15, 0.2) is 12.1 Å². The maximum atomic E-state index is 13.1. The average Bonchev–Trinajstić information content (AvgIpc) is 2.64. The van der Waals surface area contributed by atoms with Gasteiger partial charge in [0.2, 0.25) is 10.0 Å². The van der Waals surface area contributed by atoms with Gasteiger partial charge in [-0.1, -0.05) is 0 Å². The molecule has 0 saturated carbocycles. The summed E-state index contributed by atoms with van der Waals surface area (Å²) in [7, 11) is -3.31. The highest BCUT2D eigenvalue weighted by atomic mass is 32.2. The van der Waals surface area contributed by atoms with Crippen molar-refractivity contribution in [3.63, 3.8) is 0 Å². The van der Waals surface area contributed by atoms with Gasteiger partial charge in [0.1, 0.15) is 5.69 Å². The number of nitrogens with zero attached hydrogens (tertiary/aromatic N) is 3. The molecule has 2 rings (SSSR count). The molecular weight excluding hydrogens is 316 g/mol. The summed E-state index contributed by atoms with van der Waals surface area (Å²) in [6, 6.07) is 2.85. The van der Waals surface area contributed by atoms with E-state index in [9.17, 15) is 22.0 Å². The van der Waals surface area contributed by atoms with Crippen molar-refractivity contribution in [2.75, 3.05) is 32.4 Å². The minimum Gasteiger partial charge on any atom is -0.336 e. The minimum atomic E-state index is -3.31. The number of alkyl halides is 2. The van der Waals surface area contributed by atoms with Gasteiger partial charge >= 0.3 is 6.55 Å². The molecule has 1 amide bonds. The molecule has 1 saturated heterocycles. The predicted molar refractivity (Wildman–Crippen MR) is 77.4 cm³/mol. The summed E-state index contributed by atoms with van der Waals surface area (Å²) in [5, 5.41) is 0. The average molecular weight is 335 g/mol. The number of carbonyl (C=O) groups is 1. The van der Waals surface area contributed by atoms with Gasteiger partial charge in [-0.05, 0) is 25.5 Å². The number of hydrogen-bond acceptors (Lipinski definition) is 3. The highest BCUT2D eigenvalue weighted by Crippen LogP contribution is 2.20. The van der Waals surface area contributed by atoms with Crippen LogP contribution in [0.3, 0.4) is 0 Å². The molecule has 0 spiro atoms. The summed E-state index contributed by atoms with van der Waals surface area (Å²) in [6.07, 6.45) is 1.60. The number of sulfonamides is 1. The largest absolute Gasteiger partial charge is 0.336 e. The van der Waals surface area contributed by atoms with E-state index < -0.39 is 22.5 Å². The SMILES string of the molecule is Cc1ccc(C(=O)N2CCCN(S(C)(=O)=O)CC2)n1C(F)F. The molecule has 0 unspecified atom stereocenters. The zero-order chi connectivity index (χ0) is 16.5. The Bertz CT molecular complexity index is 657. The molecule has 1 aliphatic rings. The van der Waals surface area contributed by atoms with E-state index in [0.29, 0.717) is 29.8 Å².